The SMILES string of the molecule is c1ccc(-c2ccccc2N(c2ccc(-c3cccc4c3oc3ccccc34)cc2)c2cccc3c2sc2ccc4c(oc5ccc6ccccc6c54)c23)cc1. The molecule has 0 aliphatic heterocycles. The van der Waals surface area contributed by atoms with E-state index in [1.807, 2.05) is 23.5 Å². The van der Waals surface area contributed by atoms with Gasteiger partial charge in [-0.05, 0) is 70.4 Å². The van der Waals surface area contributed by atoms with Crippen molar-refractivity contribution >= 4 is 103 Å². The first-order valence-electron chi connectivity index (χ1n) is 18.9. The number of nitrogens with zero attached hydrogens (tertiary/aromatic N) is 1. The molecular formula is C52H31NO2S. The first kappa shape index (κ1) is 31.2. The van der Waals surface area contributed by atoms with Crippen LogP contribution in [0.1, 0.15) is 0 Å². The monoisotopic (exact) mass is 733 g/mol. The molecule has 9 aromatic carbocycles. The lowest BCUT2D eigenvalue weighted by Gasteiger charge is -2.28. The predicted molar refractivity (Wildman–Crippen MR) is 237 cm³/mol. The van der Waals surface area contributed by atoms with Crippen LogP contribution >= 0.6 is 11.3 Å². The molecule has 0 fully saturated rings. The quantitative estimate of drug-likeness (QED) is 0.176. The molecule has 56 heavy (non-hydrogen) atoms. The molecular weight excluding hydrogens is 703 g/mol. The van der Waals surface area contributed by atoms with E-state index in [-0.39, 0.29) is 0 Å². The molecule has 0 radical (unpaired) electrons. The first-order chi connectivity index (χ1) is 27.8. The summed E-state index contributed by atoms with van der Waals surface area (Å²) < 4.78 is 15.6. The van der Waals surface area contributed by atoms with E-state index in [9.17, 15) is 0 Å². The third-order valence-corrected chi connectivity index (χ3v) is 12.5. The molecule has 3 aromatic heterocycles. The summed E-state index contributed by atoms with van der Waals surface area (Å²) in [6.45, 7) is 0. The number of hydrogen-bond donors (Lipinski definition) is 0. The third-order valence-electron chi connectivity index (χ3n) is 11.3. The number of benzene rings is 9. The molecule has 12 aromatic rings. The summed E-state index contributed by atoms with van der Waals surface area (Å²) in [5.74, 6) is 0. The van der Waals surface area contributed by atoms with E-state index in [0.717, 1.165) is 77.6 Å². The van der Waals surface area contributed by atoms with Gasteiger partial charge in [-0.15, -0.1) is 11.3 Å². The molecule has 0 saturated heterocycles. The van der Waals surface area contributed by atoms with Crippen LogP contribution in [0.3, 0.4) is 0 Å². The maximum atomic E-state index is 6.78. The fraction of sp³-hybridized carbons (Fsp3) is 0. The Balaban J connectivity index is 1.08. The number of para-hydroxylation sites is 3. The Morgan fingerprint density at radius 2 is 1.05 bits per heavy atom. The lowest BCUT2D eigenvalue weighted by Crippen LogP contribution is -2.11. The van der Waals surface area contributed by atoms with Gasteiger partial charge in [0.25, 0.3) is 0 Å². The zero-order valence-corrected chi connectivity index (χ0v) is 30.9. The molecule has 0 aliphatic carbocycles. The summed E-state index contributed by atoms with van der Waals surface area (Å²) in [4.78, 5) is 2.43. The summed E-state index contributed by atoms with van der Waals surface area (Å²) in [6, 6.07) is 67.1. The number of fused-ring (bicyclic) bond motifs is 12. The van der Waals surface area contributed by atoms with E-state index in [1.54, 1.807) is 0 Å². The van der Waals surface area contributed by atoms with Gasteiger partial charge in [-0.1, -0.05) is 140 Å². The molecule has 0 N–H and O–H groups in total. The second-order valence-corrected chi connectivity index (χ2v) is 15.4. The van der Waals surface area contributed by atoms with Crippen LogP contribution in [0.15, 0.2) is 197 Å². The Hall–Kier alpha value is -7.14. The van der Waals surface area contributed by atoms with Crippen LogP contribution in [0.5, 0.6) is 0 Å². The van der Waals surface area contributed by atoms with Gasteiger partial charge in [-0.25, -0.2) is 0 Å². The lowest BCUT2D eigenvalue weighted by molar-refractivity contribution is 0.670. The summed E-state index contributed by atoms with van der Waals surface area (Å²) in [5.41, 5.74) is 11.5. The van der Waals surface area contributed by atoms with Gasteiger partial charge >= 0.3 is 0 Å². The minimum Gasteiger partial charge on any atom is -0.455 e. The molecule has 0 spiro atoms. The fourth-order valence-electron chi connectivity index (χ4n) is 8.75. The maximum absolute atomic E-state index is 6.78. The van der Waals surface area contributed by atoms with Crippen molar-refractivity contribution in [1.29, 1.82) is 0 Å². The number of hydrogen-bond acceptors (Lipinski definition) is 4. The van der Waals surface area contributed by atoms with Crippen LogP contribution < -0.4 is 4.90 Å². The van der Waals surface area contributed by atoms with Crippen LogP contribution in [0.4, 0.5) is 17.1 Å². The molecule has 262 valence electrons. The van der Waals surface area contributed by atoms with Crippen LogP contribution in [-0.2, 0) is 0 Å². The van der Waals surface area contributed by atoms with Crippen molar-refractivity contribution in [2.24, 2.45) is 0 Å². The van der Waals surface area contributed by atoms with Crippen molar-refractivity contribution in [3.05, 3.63) is 188 Å². The van der Waals surface area contributed by atoms with Gasteiger partial charge in [0.05, 0.1) is 16.1 Å². The molecule has 0 amide bonds. The normalized spacial score (nSPS) is 11.9. The van der Waals surface area contributed by atoms with Gasteiger partial charge in [0.1, 0.15) is 22.3 Å². The Bertz CT molecular complexity index is 3480. The van der Waals surface area contributed by atoms with E-state index in [2.05, 4.69) is 181 Å². The van der Waals surface area contributed by atoms with Crippen LogP contribution in [0.25, 0.3) is 97.1 Å². The minimum absolute atomic E-state index is 0.903. The van der Waals surface area contributed by atoms with Gasteiger partial charge in [-0.2, -0.15) is 0 Å². The average molecular weight is 734 g/mol. The lowest BCUT2D eigenvalue weighted by atomic mass is 10.00. The highest BCUT2D eigenvalue weighted by molar-refractivity contribution is 7.26. The molecule has 0 atom stereocenters. The second-order valence-electron chi connectivity index (χ2n) is 14.4. The minimum atomic E-state index is 0.903. The van der Waals surface area contributed by atoms with Gasteiger partial charge < -0.3 is 13.7 Å². The molecule has 4 heteroatoms. The number of rotatable bonds is 5. The highest BCUT2D eigenvalue weighted by Crippen LogP contribution is 2.50. The number of thiophene rings is 1. The maximum Gasteiger partial charge on any atom is 0.144 e. The second kappa shape index (κ2) is 12.2. The van der Waals surface area contributed by atoms with Crippen LogP contribution in [0.2, 0.25) is 0 Å². The highest BCUT2D eigenvalue weighted by Gasteiger charge is 2.23. The van der Waals surface area contributed by atoms with Crippen molar-refractivity contribution in [2.45, 2.75) is 0 Å². The molecule has 3 heterocycles. The van der Waals surface area contributed by atoms with Crippen molar-refractivity contribution in [3.63, 3.8) is 0 Å². The highest BCUT2D eigenvalue weighted by atomic mass is 32.1. The van der Waals surface area contributed by atoms with Gasteiger partial charge in [0, 0.05) is 53.8 Å². The summed E-state index contributed by atoms with van der Waals surface area (Å²) in [6.07, 6.45) is 0. The molecule has 3 nitrogen and oxygen atoms in total. The van der Waals surface area contributed by atoms with E-state index < -0.39 is 0 Å². The summed E-state index contributed by atoms with van der Waals surface area (Å²) in [5, 5.41) is 9.36. The Morgan fingerprint density at radius 1 is 0.375 bits per heavy atom. The van der Waals surface area contributed by atoms with Crippen molar-refractivity contribution < 1.29 is 8.83 Å². The van der Waals surface area contributed by atoms with E-state index in [1.165, 1.54) is 36.5 Å². The van der Waals surface area contributed by atoms with Crippen molar-refractivity contribution in [1.82, 2.24) is 0 Å². The molecule has 0 bridgehead atoms. The van der Waals surface area contributed by atoms with Gasteiger partial charge in [0.2, 0.25) is 0 Å². The van der Waals surface area contributed by atoms with Crippen LogP contribution in [0, 0.1) is 0 Å². The Kier molecular flexibility index (Phi) is 6.80. The molecule has 0 unspecified atom stereocenters. The molecule has 0 aliphatic rings. The predicted octanol–water partition coefficient (Wildman–Crippen LogP) is 15.8. The first-order valence-corrected chi connectivity index (χ1v) is 19.7. The molecule has 0 saturated carbocycles. The zero-order chi connectivity index (χ0) is 36.7. The van der Waals surface area contributed by atoms with E-state index >= 15 is 0 Å². The average Bonchev–Trinajstić information content (AvgIpc) is 3.96. The van der Waals surface area contributed by atoms with E-state index in [0.29, 0.717) is 0 Å². The van der Waals surface area contributed by atoms with Gasteiger partial charge in [0.15, 0.2) is 0 Å². The topological polar surface area (TPSA) is 29.5 Å². The van der Waals surface area contributed by atoms with E-state index in [4.69, 9.17) is 8.83 Å². The third kappa shape index (κ3) is 4.63. The Labute approximate surface area is 325 Å². The Morgan fingerprint density at radius 3 is 1.96 bits per heavy atom. The standard InChI is InChI=1S/C52H31NO2S/c1-2-12-32(13-3-1)36-15-6-8-21-43(36)53(35-27-24-34(25-28-35)38-18-10-19-40-39-17-7-9-23-45(39)54-50(38)40)44-22-11-20-42-49-47(56-52(42)44)31-29-41-48-37-16-5-4-14-33(37)26-30-46(48)55-51(41)49/h1-31H. The largest absolute Gasteiger partial charge is 0.455 e. The smallest absolute Gasteiger partial charge is 0.144 e. The number of anilines is 3. The summed E-state index contributed by atoms with van der Waals surface area (Å²) >= 11 is 1.83. The van der Waals surface area contributed by atoms with Crippen LogP contribution in [-0.4, -0.2) is 0 Å². The molecule has 12 rings (SSSR count). The zero-order valence-electron chi connectivity index (χ0n) is 30.1. The number of furan rings is 2. The summed E-state index contributed by atoms with van der Waals surface area (Å²) in [7, 11) is 0. The van der Waals surface area contributed by atoms with Gasteiger partial charge in [-0.3, -0.25) is 0 Å². The van der Waals surface area contributed by atoms with Crippen molar-refractivity contribution in [2.75, 3.05) is 4.90 Å². The van der Waals surface area contributed by atoms with Crippen molar-refractivity contribution in [3.8, 4) is 22.3 Å². The fourth-order valence-corrected chi connectivity index (χ4v) is 9.95.